The van der Waals surface area contributed by atoms with Gasteiger partial charge in [0.05, 0.1) is 0 Å². The van der Waals surface area contributed by atoms with E-state index in [0.29, 0.717) is 18.1 Å². The molecular weight excluding hydrogens is 164 g/mol. The fourth-order valence-electron chi connectivity index (χ4n) is 0.932. The number of terminal acetylenes is 1. The van der Waals surface area contributed by atoms with Gasteiger partial charge in [0, 0.05) is 18.5 Å². The Balaban J connectivity index is 2.59. The van der Waals surface area contributed by atoms with Crippen molar-refractivity contribution in [2.75, 3.05) is 11.1 Å². The van der Waals surface area contributed by atoms with Crippen LogP contribution in [-0.2, 0) is 0 Å². The molecule has 4 nitrogen and oxygen atoms in total. The second-order valence-corrected chi connectivity index (χ2v) is 2.78. The van der Waals surface area contributed by atoms with Crippen LogP contribution in [0, 0.1) is 12.3 Å². The third kappa shape index (κ3) is 2.99. The van der Waals surface area contributed by atoms with Crippen LogP contribution in [0.15, 0.2) is 12.4 Å². The molecule has 1 rings (SSSR count). The van der Waals surface area contributed by atoms with Gasteiger partial charge in [0.15, 0.2) is 0 Å². The maximum atomic E-state index is 5.48. The number of nitrogens with two attached hydrogens (primary N) is 1. The fourth-order valence-corrected chi connectivity index (χ4v) is 0.932. The summed E-state index contributed by atoms with van der Waals surface area (Å²) in [4.78, 5) is 7.77. The highest BCUT2D eigenvalue weighted by Gasteiger charge is 2.00. The Hall–Kier alpha value is -1.76. The molecular formula is C9H12N4. The van der Waals surface area contributed by atoms with Crippen LogP contribution in [0.1, 0.15) is 13.3 Å². The van der Waals surface area contributed by atoms with Gasteiger partial charge in [0.2, 0.25) is 0 Å². The van der Waals surface area contributed by atoms with E-state index in [-0.39, 0.29) is 6.04 Å². The molecule has 0 radical (unpaired) electrons. The van der Waals surface area contributed by atoms with Gasteiger partial charge in [-0.1, -0.05) is 0 Å². The van der Waals surface area contributed by atoms with Gasteiger partial charge in [0.25, 0.3) is 0 Å². The number of nitrogens with one attached hydrogen (secondary N) is 1. The second kappa shape index (κ2) is 4.31. The minimum Gasteiger partial charge on any atom is -0.384 e. The number of rotatable bonds is 3. The normalized spacial score (nSPS) is 11.7. The summed E-state index contributed by atoms with van der Waals surface area (Å²) in [7, 11) is 0. The van der Waals surface area contributed by atoms with Crippen molar-refractivity contribution in [1.29, 1.82) is 0 Å². The van der Waals surface area contributed by atoms with Crippen molar-refractivity contribution in [2.24, 2.45) is 0 Å². The number of hydrogen-bond acceptors (Lipinski definition) is 4. The largest absolute Gasteiger partial charge is 0.384 e. The van der Waals surface area contributed by atoms with Crippen molar-refractivity contribution in [3.05, 3.63) is 12.4 Å². The van der Waals surface area contributed by atoms with Gasteiger partial charge in [-0.25, -0.2) is 9.97 Å². The summed E-state index contributed by atoms with van der Waals surface area (Å²) in [5.41, 5.74) is 5.48. The topological polar surface area (TPSA) is 63.8 Å². The zero-order chi connectivity index (χ0) is 9.68. The van der Waals surface area contributed by atoms with E-state index in [9.17, 15) is 0 Å². The second-order valence-electron chi connectivity index (χ2n) is 2.78. The Kier molecular flexibility index (Phi) is 3.09. The van der Waals surface area contributed by atoms with Crippen LogP contribution in [0.4, 0.5) is 11.6 Å². The molecule has 0 aliphatic carbocycles. The summed E-state index contributed by atoms with van der Waals surface area (Å²) < 4.78 is 0. The molecule has 68 valence electrons. The Morgan fingerprint density at radius 3 is 3.08 bits per heavy atom. The lowest BCUT2D eigenvalue weighted by Gasteiger charge is -2.10. The van der Waals surface area contributed by atoms with E-state index in [0.717, 1.165) is 0 Å². The van der Waals surface area contributed by atoms with Crippen molar-refractivity contribution in [3.63, 3.8) is 0 Å². The number of aromatic nitrogens is 2. The first kappa shape index (κ1) is 9.33. The van der Waals surface area contributed by atoms with Gasteiger partial charge in [-0.05, 0) is 6.92 Å². The van der Waals surface area contributed by atoms with Gasteiger partial charge >= 0.3 is 0 Å². The minimum absolute atomic E-state index is 0.194. The Bertz CT molecular complexity index is 316. The molecule has 0 saturated carbocycles. The molecule has 0 aromatic carbocycles. The lowest BCUT2D eigenvalue weighted by molar-refractivity contribution is 0.820. The van der Waals surface area contributed by atoms with Crippen molar-refractivity contribution in [2.45, 2.75) is 19.4 Å². The van der Waals surface area contributed by atoms with Crippen LogP contribution in [0.2, 0.25) is 0 Å². The van der Waals surface area contributed by atoms with Gasteiger partial charge in [-0.3, -0.25) is 0 Å². The molecule has 1 aromatic rings. The van der Waals surface area contributed by atoms with Gasteiger partial charge < -0.3 is 11.1 Å². The van der Waals surface area contributed by atoms with Gasteiger partial charge in [-0.15, -0.1) is 12.3 Å². The summed E-state index contributed by atoms with van der Waals surface area (Å²) in [6.45, 7) is 1.98. The number of nitrogens with zero attached hydrogens (tertiary/aromatic N) is 2. The molecule has 1 unspecified atom stereocenters. The zero-order valence-corrected chi connectivity index (χ0v) is 7.49. The average molecular weight is 176 g/mol. The highest BCUT2D eigenvalue weighted by Crippen LogP contribution is 2.07. The quantitative estimate of drug-likeness (QED) is 0.671. The van der Waals surface area contributed by atoms with Crippen LogP contribution in [0.3, 0.4) is 0 Å². The van der Waals surface area contributed by atoms with Gasteiger partial charge in [-0.2, -0.15) is 0 Å². The van der Waals surface area contributed by atoms with Crippen LogP contribution in [-0.4, -0.2) is 16.0 Å². The molecule has 0 fully saturated rings. The van der Waals surface area contributed by atoms with Crippen LogP contribution in [0.25, 0.3) is 0 Å². The monoisotopic (exact) mass is 176 g/mol. The van der Waals surface area contributed by atoms with E-state index in [1.165, 1.54) is 6.33 Å². The van der Waals surface area contributed by atoms with Gasteiger partial charge in [0.1, 0.15) is 18.0 Å². The average Bonchev–Trinajstić information content (AvgIpc) is 2.04. The molecule has 1 aromatic heterocycles. The maximum Gasteiger partial charge on any atom is 0.131 e. The summed E-state index contributed by atoms with van der Waals surface area (Å²) >= 11 is 0. The molecule has 13 heavy (non-hydrogen) atoms. The molecule has 0 spiro atoms. The lowest BCUT2D eigenvalue weighted by Crippen LogP contribution is -2.15. The van der Waals surface area contributed by atoms with Crippen LogP contribution >= 0.6 is 0 Å². The number of hydrogen-bond donors (Lipinski definition) is 2. The highest BCUT2D eigenvalue weighted by molar-refractivity contribution is 5.43. The molecule has 4 heteroatoms. The maximum absolute atomic E-state index is 5.48. The van der Waals surface area contributed by atoms with E-state index in [2.05, 4.69) is 21.2 Å². The van der Waals surface area contributed by atoms with Crippen LogP contribution in [0.5, 0.6) is 0 Å². The first-order chi connectivity index (χ1) is 6.22. The Morgan fingerprint density at radius 2 is 2.46 bits per heavy atom. The zero-order valence-electron chi connectivity index (χ0n) is 7.49. The van der Waals surface area contributed by atoms with Crippen molar-refractivity contribution < 1.29 is 0 Å². The third-order valence-corrected chi connectivity index (χ3v) is 1.51. The first-order valence-corrected chi connectivity index (χ1v) is 4.00. The van der Waals surface area contributed by atoms with E-state index < -0.39 is 0 Å². The molecule has 1 atom stereocenters. The fraction of sp³-hybridized carbons (Fsp3) is 0.333. The smallest absolute Gasteiger partial charge is 0.131 e. The number of nitrogen functional groups attached to an aromatic ring is 1. The predicted octanol–water partition coefficient (Wildman–Crippen LogP) is 0.883. The number of anilines is 2. The summed E-state index contributed by atoms with van der Waals surface area (Å²) in [5.74, 6) is 3.72. The van der Waals surface area contributed by atoms with E-state index in [1.807, 2.05) is 6.92 Å². The van der Waals surface area contributed by atoms with Crippen molar-refractivity contribution in [3.8, 4) is 12.3 Å². The molecule has 0 aliphatic rings. The van der Waals surface area contributed by atoms with E-state index in [1.54, 1.807) is 6.07 Å². The first-order valence-electron chi connectivity index (χ1n) is 4.00. The van der Waals surface area contributed by atoms with Crippen molar-refractivity contribution in [1.82, 2.24) is 9.97 Å². The minimum atomic E-state index is 0.194. The highest BCUT2D eigenvalue weighted by atomic mass is 15.0. The molecule has 0 saturated heterocycles. The SMILES string of the molecule is C#CCC(C)Nc1cc(N)ncn1. The molecule has 1 heterocycles. The molecule has 3 N–H and O–H groups in total. The Labute approximate surface area is 77.6 Å². The lowest BCUT2D eigenvalue weighted by atomic mass is 10.2. The summed E-state index contributed by atoms with van der Waals surface area (Å²) in [5, 5.41) is 3.11. The van der Waals surface area contributed by atoms with E-state index >= 15 is 0 Å². The molecule has 0 amide bonds. The standard InChI is InChI=1S/C9H12N4/c1-3-4-7(2)13-9-5-8(10)11-6-12-9/h1,5-7H,4H2,2H3,(H3,10,11,12,13). The molecule has 0 aliphatic heterocycles. The summed E-state index contributed by atoms with van der Waals surface area (Å²) in [6, 6.07) is 1.87. The third-order valence-electron chi connectivity index (χ3n) is 1.51. The van der Waals surface area contributed by atoms with Crippen LogP contribution < -0.4 is 11.1 Å². The van der Waals surface area contributed by atoms with E-state index in [4.69, 9.17) is 12.2 Å². The predicted molar refractivity (Wildman–Crippen MR) is 53.0 cm³/mol. The summed E-state index contributed by atoms with van der Waals surface area (Å²) in [6.07, 6.45) is 7.24. The molecule has 0 bridgehead atoms. The van der Waals surface area contributed by atoms with Crippen molar-refractivity contribution >= 4 is 11.6 Å². The Morgan fingerprint density at radius 1 is 1.69 bits per heavy atom.